The quantitative estimate of drug-likeness (QED) is 0.571. The third-order valence-corrected chi connectivity index (χ3v) is 7.27. The van der Waals surface area contributed by atoms with Crippen molar-refractivity contribution in [2.24, 2.45) is 0 Å². The van der Waals surface area contributed by atoms with Crippen LogP contribution in [0.1, 0.15) is 21.6 Å². The van der Waals surface area contributed by atoms with Crippen molar-refractivity contribution in [2.45, 2.75) is 13.1 Å². The second-order valence-electron chi connectivity index (χ2n) is 6.51. The molecule has 0 radical (unpaired) electrons. The third kappa shape index (κ3) is 4.87. The molecule has 0 spiro atoms. The van der Waals surface area contributed by atoms with Gasteiger partial charge in [-0.05, 0) is 33.1 Å². The van der Waals surface area contributed by atoms with E-state index in [-0.39, 0.29) is 5.91 Å². The van der Waals surface area contributed by atoms with E-state index in [0.717, 1.165) is 52.8 Å². The van der Waals surface area contributed by atoms with Gasteiger partial charge in [-0.25, -0.2) is 4.98 Å². The van der Waals surface area contributed by atoms with Crippen molar-refractivity contribution < 1.29 is 9.53 Å². The molecule has 1 aromatic carbocycles. The van der Waals surface area contributed by atoms with Crippen LogP contribution in [-0.2, 0) is 17.8 Å². The first-order valence-corrected chi connectivity index (χ1v) is 11.6. The van der Waals surface area contributed by atoms with Crippen molar-refractivity contribution >= 4 is 44.5 Å². The molecule has 0 unspecified atom stereocenters. The molecule has 3 aromatic rings. The first-order valence-electron chi connectivity index (χ1n) is 9.04. The maximum Gasteiger partial charge on any atom is 0.271 e. The number of carbonyl (C=O) groups is 1. The zero-order chi connectivity index (χ0) is 19.3. The summed E-state index contributed by atoms with van der Waals surface area (Å²) in [5.41, 5.74) is 2.85. The van der Waals surface area contributed by atoms with Gasteiger partial charge in [-0.2, -0.15) is 0 Å². The molecule has 0 saturated carbocycles. The second kappa shape index (κ2) is 9.28. The molecule has 2 aromatic heterocycles. The molecule has 1 amide bonds. The Balaban J connectivity index is 1.39. The van der Waals surface area contributed by atoms with Crippen molar-refractivity contribution in [1.29, 1.82) is 0 Å². The molecule has 1 aliphatic rings. The Labute approximate surface area is 180 Å². The normalized spacial score (nSPS) is 14.9. The Hall–Kier alpha value is -1.58. The number of morpholine rings is 1. The number of hydrogen-bond acceptors (Lipinski definition) is 6. The number of nitrogens with zero attached hydrogens (tertiary/aromatic N) is 2. The van der Waals surface area contributed by atoms with Crippen LogP contribution in [0.3, 0.4) is 0 Å². The Bertz CT molecular complexity index is 950. The highest BCUT2D eigenvalue weighted by Gasteiger charge is 2.15. The highest BCUT2D eigenvalue weighted by molar-refractivity contribution is 9.10. The minimum atomic E-state index is -0.140. The average molecular weight is 478 g/mol. The van der Waals surface area contributed by atoms with Crippen LogP contribution in [0.2, 0.25) is 0 Å². The largest absolute Gasteiger partial charge is 0.379 e. The van der Waals surface area contributed by atoms with E-state index in [1.165, 1.54) is 16.9 Å². The number of amides is 1. The molecule has 1 aliphatic heterocycles. The second-order valence-corrected chi connectivity index (χ2v) is 9.19. The number of thiazole rings is 1. The lowest BCUT2D eigenvalue weighted by molar-refractivity contribution is 0.0340. The van der Waals surface area contributed by atoms with Gasteiger partial charge in [-0.15, -0.1) is 22.7 Å². The lowest BCUT2D eigenvalue weighted by atomic mass is 10.1. The van der Waals surface area contributed by atoms with E-state index in [0.29, 0.717) is 12.2 Å². The number of rotatable bonds is 6. The summed E-state index contributed by atoms with van der Waals surface area (Å²) in [7, 11) is 0. The Morgan fingerprint density at radius 2 is 1.96 bits per heavy atom. The minimum absolute atomic E-state index is 0.140. The number of halogens is 1. The fraction of sp³-hybridized carbons (Fsp3) is 0.300. The summed E-state index contributed by atoms with van der Waals surface area (Å²) in [5.74, 6) is -0.140. The molecule has 5 nitrogen and oxygen atoms in total. The first kappa shape index (κ1) is 19.7. The van der Waals surface area contributed by atoms with Crippen LogP contribution in [0.4, 0.5) is 0 Å². The van der Waals surface area contributed by atoms with Crippen molar-refractivity contribution in [3.8, 4) is 9.88 Å². The summed E-state index contributed by atoms with van der Waals surface area (Å²) in [4.78, 5) is 20.5. The third-order valence-electron chi connectivity index (χ3n) is 4.57. The van der Waals surface area contributed by atoms with E-state index in [1.54, 1.807) is 11.3 Å². The number of aromatic nitrogens is 1. The Kier molecular flexibility index (Phi) is 6.54. The van der Waals surface area contributed by atoms with E-state index in [4.69, 9.17) is 4.74 Å². The molecule has 0 bridgehead atoms. The van der Waals surface area contributed by atoms with Gasteiger partial charge >= 0.3 is 0 Å². The number of hydrogen-bond donors (Lipinski definition) is 1. The highest BCUT2D eigenvalue weighted by atomic mass is 79.9. The van der Waals surface area contributed by atoms with Crippen LogP contribution in [0.15, 0.2) is 45.6 Å². The van der Waals surface area contributed by atoms with Gasteiger partial charge in [0.1, 0.15) is 10.7 Å². The fourth-order valence-corrected chi connectivity index (χ4v) is 5.37. The van der Waals surface area contributed by atoms with Gasteiger partial charge in [0.25, 0.3) is 5.91 Å². The van der Waals surface area contributed by atoms with Gasteiger partial charge in [0.2, 0.25) is 0 Å². The van der Waals surface area contributed by atoms with Crippen molar-refractivity contribution in [1.82, 2.24) is 15.2 Å². The maximum atomic E-state index is 12.6. The van der Waals surface area contributed by atoms with Gasteiger partial charge in [0.15, 0.2) is 0 Å². The summed E-state index contributed by atoms with van der Waals surface area (Å²) in [6, 6.07) is 10.3. The number of thiophene rings is 1. The molecule has 1 saturated heterocycles. The molecule has 0 aliphatic carbocycles. The van der Waals surface area contributed by atoms with Crippen LogP contribution in [0.25, 0.3) is 9.88 Å². The van der Waals surface area contributed by atoms with E-state index >= 15 is 0 Å². The molecule has 4 rings (SSSR count). The molecule has 8 heteroatoms. The lowest BCUT2D eigenvalue weighted by Gasteiger charge is -2.27. The van der Waals surface area contributed by atoms with E-state index < -0.39 is 0 Å². The molecule has 1 N–H and O–H groups in total. The molecular weight excluding hydrogens is 458 g/mol. The van der Waals surface area contributed by atoms with E-state index in [1.807, 2.05) is 29.0 Å². The Morgan fingerprint density at radius 1 is 1.18 bits per heavy atom. The topological polar surface area (TPSA) is 54.5 Å². The zero-order valence-corrected chi connectivity index (χ0v) is 18.4. The number of nitrogens with one attached hydrogen (secondary N) is 1. The monoisotopic (exact) mass is 477 g/mol. The summed E-state index contributed by atoms with van der Waals surface area (Å²) in [6.07, 6.45) is 0. The van der Waals surface area contributed by atoms with Gasteiger partial charge in [-0.1, -0.05) is 24.3 Å². The standard InChI is InChI=1S/C20H20BrN3O2S2/c21-16-9-18(27-12-16)20-23-17(13-28-20)19(25)22-10-14-3-1-2-4-15(14)11-24-5-7-26-8-6-24/h1-4,9,12-13H,5-8,10-11H2,(H,22,25). The smallest absolute Gasteiger partial charge is 0.271 e. The Morgan fingerprint density at radius 3 is 2.71 bits per heavy atom. The molecule has 28 heavy (non-hydrogen) atoms. The predicted molar refractivity (Wildman–Crippen MR) is 117 cm³/mol. The van der Waals surface area contributed by atoms with Crippen LogP contribution in [0, 0.1) is 0 Å². The summed E-state index contributed by atoms with van der Waals surface area (Å²) >= 11 is 6.56. The summed E-state index contributed by atoms with van der Waals surface area (Å²) in [6.45, 7) is 4.83. The van der Waals surface area contributed by atoms with Crippen LogP contribution >= 0.6 is 38.6 Å². The van der Waals surface area contributed by atoms with Crippen molar-refractivity contribution in [3.63, 3.8) is 0 Å². The molecule has 3 heterocycles. The van der Waals surface area contributed by atoms with E-state index in [2.05, 4.69) is 43.3 Å². The maximum absolute atomic E-state index is 12.6. The fourth-order valence-electron chi connectivity index (χ4n) is 3.07. The summed E-state index contributed by atoms with van der Waals surface area (Å²) in [5, 5.41) is 7.72. The molecule has 146 valence electrons. The van der Waals surface area contributed by atoms with Gasteiger partial charge in [0, 0.05) is 41.4 Å². The molecule has 0 atom stereocenters. The predicted octanol–water partition coefficient (Wildman–Crippen LogP) is 4.40. The highest BCUT2D eigenvalue weighted by Crippen LogP contribution is 2.32. The molecular formula is C20H20BrN3O2S2. The summed E-state index contributed by atoms with van der Waals surface area (Å²) < 4.78 is 6.46. The lowest BCUT2D eigenvalue weighted by Crippen LogP contribution is -2.36. The van der Waals surface area contributed by atoms with Gasteiger partial charge in [0.05, 0.1) is 18.1 Å². The van der Waals surface area contributed by atoms with Crippen molar-refractivity contribution in [2.75, 3.05) is 26.3 Å². The number of ether oxygens (including phenoxy) is 1. The average Bonchev–Trinajstić information content (AvgIpc) is 3.37. The van der Waals surface area contributed by atoms with Gasteiger partial charge in [-0.3, -0.25) is 9.69 Å². The van der Waals surface area contributed by atoms with E-state index in [9.17, 15) is 4.79 Å². The first-order chi connectivity index (χ1) is 13.7. The van der Waals surface area contributed by atoms with Gasteiger partial charge < -0.3 is 10.1 Å². The zero-order valence-electron chi connectivity index (χ0n) is 15.2. The number of benzene rings is 1. The van der Waals surface area contributed by atoms with Crippen LogP contribution in [0.5, 0.6) is 0 Å². The van der Waals surface area contributed by atoms with Crippen LogP contribution in [-0.4, -0.2) is 42.1 Å². The number of carbonyl (C=O) groups excluding carboxylic acids is 1. The van der Waals surface area contributed by atoms with Crippen LogP contribution < -0.4 is 5.32 Å². The molecule has 1 fully saturated rings. The van der Waals surface area contributed by atoms with Crippen molar-refractivity contribution in [3.05, 3.63) is 62.4 Å². The SMILES string of the molecule is O=C(NCc1ccccc1CN1CCOCC1)c1csc(-c2cc(Br)cs2)n1. The minimum Gasteiger partial charge on any atom is -0.379 e.